The third-order valence-corrected chi connectivity index (χ3v) is 4.78. The molecule has 0 saturated heterocycles. The van der Waals surface area contributed by atoms with Crippen LogP contribution in [-0.2, 0) is 6.54 Å². The highest BCUT2D eigenvalue weighted by atomic mass is 16.3. The number of aliphatic hydroxyl groups is 1. The maximum atomic E-state index is 12.2. The molecule has 1 amide bonds. The van der Waals surface area contributed by atoms with Crippen molar-refractivity contribution in [1.82, 2.24) is 20.1 Å². The molecular weight excluding hydrogens is 304 g/mol. The van der Waals surface area contributed by atoms with Crippen molar-refractivity contribution in [1.29, 1.82) is 0 Å². The quantitative estimate of drug-likeness (QED) is 0.852. The van der Waals surface area contributed by atoms with E-state index in [0.29, 0.717) is 18.0 Å². The molecule has 6 heteroatoms. The second-order valence-corrected chi connectivity index (χ2v) is 6.34. The Morgan fingerprint density at radius 2 is 2.04 bits per heavy atom. The van der Waals surface area contributed by atoms with Crippen LogP contribution in [0, 0.1) is 5.92 Å². The van der Waals surface area contributed by atoms with Gasteiger partial charge in [0.25, 0.3) is 5.91 Å². The Balaban J connectivity index is 1.59. The molecule has 1 aliphatic rings. The third-order valence-electron chi connectivity index (χ3n) is 4.78. The number of aryl methyl sites for hydroxylation is 1. The van der Waals surface area contributed by atoms with Crippen LogP contribution in [0.3, 0.4) is 0 Å². The number of nitrogens with one attached hydrogen (secondary N) is 1. The molecule has 1 aromatic carbocycles. The number of carbonyl (C=O) groups is 1. The van der Waals surface area contributed by atoms with Gasteiger partial charge in [-0.25, -0.2) is 0 Å². The zero-order chi connectivity index (χ0) is 16.9. The molecule has 0 bridgehead atoms. The van der Waals surface area contributed by atoms with Crippen molar-refractivity contribution in [2.45, 2.75) is 45.3 Å². The average molecular weight is 328 g/mol. The zero-order valence-corrected chi connectivity index (χ0v) is 14.0. The normalized spacial score (nSPS) is 16.2. The Hall–Kier alpha value is -2.21. The van der Waals surface area contributed by atoms with Gasteiger partial charge in [0.15, 0.2) is 5.82 Å². The van der Waals surface area contributed by atoms with E-state index in [1.807, 2.05) is 23.6 Å². The maximum absolute atomic E-state index is 12.2. The Kier molecular flexibility index (Phi) is 5.25. The number of aromatic nitrogens is 3. The van der Waals surface area contributed by atoms with E-state index in [-0.39, 0.29) is 5.91 Å². The van der Waals surface area contributed by atoms with Crippen LogP contribution < -0.4 is 5.32 Å². The topological polar surface area (TPSA) is 80.0 Å². The summed E-state index contributed by atoms with van der Waals surface area (Å²) in [5.41, 5.74) is 1.51. The number of amides is 1. The van der Waals surface area contributed by atoms with Crippen LogP contribution in [0.25, 0.3) is 11.4 Å². The summed E-state index contributed by atoms with van der Waals surface area (Å²) in [6.45, 7) is 3.14. The molecule has 2 aromatic rings. The summed E-state index contributed by atoms with van der Waals surface area (Å²) in [7, 11) is 0. The van der Waals surface area contributed by atoms with Crippen LogP contribution >= 0.6 is 0 Å². The van der Waals surface area contributed by atoms with E-state index in [4.69, 9.17) is 0 Å². The van der Waals surface area contributed by atoms with Gasteiger partial charge in [0.2, 0.25) is 0 Å². The molecule has 1 aliphatic carbocycles. The lowest BCUT2D eigenvalue weighted by Crippen LogP contribution is -2.35. The monoisotopic (exact) mass is 328 g/mol. The SMILES string of the molecule is CCn1cnnc1-c1ccc(C(=O)NCC(O)C2CCCC2)cc1. The van der Waals surface area contributed by atoms with Gasteiger partial charge in [-0.3, -0.25) is 4.79 Å². The minimum atomic E-state index is -0.446. The van der Waals surface area contributed by atoms with E-state index in [1.54, 1.807) is 18.5 Å². The number of nitrogens with zero attached hydrogens (tertiary/aromatic N) is 3. The van der Waals surface area contributed by atoms with Crippen molar-refractivity contribution in [2.24, 2.45) is 5.92 Å². The number of aliphatic hydroxyl groups excluding tert-OH is 1. The van der Waals surface area contributed by atoms with Crippen LogP contribution in [0.2, 0.25) is 0 Å². The summed E-state index contributed by atoms with van der Waals surface area (Å²) in [6.07, 6.45) is 5.73. The van der Waals surface area contributed by atoms with Crippen molar-refractivity contribution in [2.75, 3.05) is 6.54 Å². The predicted molar refractivity (Wildman–Crippen MR) is 91.4 cm³/mol. The van der Waals surface area contributed by atoms with Crippen molar-refractivity contribution < 1.29 is 9.90 Å². The highest BCUT2D eigenvalue weighted by Crippen LogP contribution is 2.27. The molecule has 1 aromatic heterocycles. The molecule has 128 valence electrons. The first-order chi connectivity index (χ1) is 11.7. The van der Waals surface area contributed by atoms with Crippen molar-refractivity contribution >= 4 is 5.91 Å². The molecule has 3 rings (SSSR count). The number of benzene rings is 1. The molecule has 1 saturated carbocycles. The first kappa shape index (κ1) is 16.6. The Morgan fingerprint density at radius 3 is 2.71 bits per heavy atom. The summed E-state index contributed by atoms with van der Waals surface area (Å²) in [5.74, 6) is 0.963. The molecule has 6 nitrogen and oxygen atoms in total. The van der Waals surface area contributed by atoms with Gasteiger partial charge in [-0.05, 0) is 37.8 Å². The Bertz CT molecular complexity index is 675. The first-order valence-electron chi connectivity index (χ1n) is 8.63. The molecule has 1 atom stereocenters. The maximum Gasteiger partial charge on any atom is 0.251 e. The lowest BCUT2D eigenvalue weighted by molar-refractivity contribution is 0.0840. The van der Waals surface area contributed by atoms with Crippen LogP contribution in [0.5, 0.6) is 0 Å². The van der Waals surface area contributed by atoms with Gasteiger partial charge in [0.05, 0.1) is 6.10 Å². The molecule has 1 fully saturated rings. The van der Waals surface area contributed by atoms with Gasteiger partial charge in [-0.15, -0.1) is 10.2 Å². The van der Waals surface area contributed by atoms with E-state index in [0.717, 1.165) is 30.8 Å². The second kappa shape index (κ2) is 7.57. The van der Waals surface area contributed by atoms with Crippen LogP contribution in [-0.4, -0.2) is 38.4 Å². The fourth-order valence-corrected chi connectivity index (χ4v) is 3.29. The molecule has 0 radical (unpaired) electrons. The number of rotatable bonds is 6. The van der Waals surface area contributed by atoms with Crippen LogP contribution in [0.4, 0.5) is 0 Å². The summed E-state index contributed by atoms with van der Waals surface area (Å²) in [4.78, 5) is 12.2. The van der Waals surface area contributed by atoms with E-state index in [2.05, 4.69) is 15.5 Å². The van der Waals surface area contributed by atoms with E-state index in [9.17, 15) is 9.90 Å². The first-order valence-corrected chi connectivity index (χ1v) is 8.63. The molecule has 1 heterocycles. The van der Waals surface area contributed by atoms with E-state index < -0.39 is 6.10 Å². The number of hydrogen-bond donors (Lipinski definition) is 2. The van der Waals surface area contributed by atoms with Gasteiger partial charge in [-0.1, -0.05) is 25.0 Å². The summed E-state index contributed by atoms with van der Waals surface area (Å²) < 4.78 is 1.95. The Morgan fingerprint density at radius 1 is 1.33 bits per heavy atom. The highest BCUT2D eigenvalue weighted by Gasteiger charge is 2.23. The van der Waals surface area contributed by atoms with Crippen LogP contribution in [0.15, 0.2) is 30.6 Å². The van der Waals surface area contributed by atoms with E-state index in [1.165, 1.54) is 12.8 Å². The molecule has 2 N–H and O–H groups in total. The molecule has 0 aliphatic heterocycles. The fraction of sp³-hybridized carbons (Fsp3) is 0.500. The third kappa shape index (κ3) is 3.64. The zero-order valence-electron chi connectivity index (χ0n) is 14.0. The summed E-state index contributed by atoms with van der Waals surface area (Å²) in [5, 5.41) is 21.0. The lowest BCUT2D eigenvalue weighted by Gasteiger charge is -2.18. The summed E-state index contributed by atoms with van der Waals surface area (Å²) >= 11 is 0. The summed E-state index contributed by atoms with van der Waals surface area (Å²) in [6, 6.07) is 7.31. The van der Waals surface area contributed by atoms with Gasteiger partial charge in [-0.2, -0.15) is 0 Å². The Labute approximate surface area is 141 Å². The van der Waals surface area contributed by atoms with Gasteiger partial charge >= 0.3 is 0 Å². The average Bonchev–Trinajstić information content (AvgIpc) is 3.30. The number of hydrogen-bond acceptors (Lipinski definition) is 4. The molecule has 24 heavy (non-hydrogen) atoms. The largest absolute Gasteiger partial charge is 0.391 e. The standard InChI is InChI=1S/C18H24N4O2/c1-2-22-12-20-21-17(22)14-7-9-15(10-8-14)18(24)19-11-16(23)13-5-3-4-6-13/h7-10,12-13,16,23H,2-6,11H2,1H3,(H,19,24). The lowest BCUT2D eigenvalue weighted by atomic mass is 10.0. The molecular formula is C18H24N4O2. The fourth-order valence-electron chi connectivity index (χ4n) is 3.29. The van der Waals surface area contributed by atoms with Gasteiger partial charge in [0.1, 0.15) is 6.33 Å². The molecule has 0 spiro atoms. The van der Waals surface area contributed by atoms with Gasteiger partial charge < -0.3 is 15.0 Å². The second-order valence-electron chi connectivity index (χ2n) is 6.34. The van der Waals surface area contributed by atoms with Crippen molar-refractivity contribution in [3.63, 3.8) is 0 Å². The van der Waals surface area contributed by atoms with Crippen LogP contribution in [0.1, 0.15) is 43.0 Å². The minimum Gasteiger partial charge on any atom is -0.391 e. The van der Waals surface area contributed by atoms with Gasteiger partial charge in [0, 0.05) is 24.2 Å². The minimum absolute atomic E-state index is 0.157. The predicted octanol–water partition coefficient (Wildman–Crippen LogP) is 2.25. The highest BCUT2D eigenvalue weighted by molar-refractivity contribution is 5.94. The van der Waals surface area contributed by atoms with Crippen molar-refractivity contribution in [3.8, 4) is 11.4 Å². The van der Waals surface area contributed by atoms with E-state index >= 15 is 0 Å². The number of carbonyl (C=O) groups excluding carboxylic acids is 1. The molecule has 1 unspecified atom stereocenters. The van der Waals surface area contributed by atoms with Crippen molar-refractivity contribution in [3.05, 3.63) is 36.2 Å². The smallest absolute Gasteiger partial charge is 0.251 e.